The van der Waals surface area contributed by atoms with Crippen molar-refractivity contribution >= 4 is 21.5 Å². The van der Waals surface area contributed by atoms with Crippen LogP contribution >= 0.6 is 0 Å². The molecule has 0 radical (unpaired) electrons. The molecule has 9 rings (SSSR count). The molecule has 0 atom stereocenters. The van der Waals surface area contributed by atoms with Crippen LogP contribution in [0, 0.1) is 24.3 Å². The van der Waals surface area contributed by atoms with E-state index in [2.05, 4.69) is 68.5 Å². The average Bonchev–Trinajstić information content (AvgIpc) is 3.22. The molecule has 0 saturated heterocycles. The van der Waals surface area contributed by atoms with E-state index < -0.39 is 0 Å². The van der Waals surface area contributed by atoms with Crippen molar-refractivity contribution in [2.75, 3.05) is 0 Å². The zero-order valence-electron chi connectivity index (χ0n) is 27.7. The Balaban J connectivity index is 0.000000149. The first-order valence-corrected chi connectivity index (χ1v) is 16.2. The van der Waals surface area contributed by atoms with Gasteiger partial charge in [-0.2, -0.15) is 0 Å². The van der Waals surface area contributed by atoms with Crippen molar-refractivity contribution in [2.45, 2.75) is 0 Å². The predicted molar refractivity (Wildman–Crippen MR) is 203 cm³/mol. The molecule has 4 aromatic heterocycles. The molecule has 0 saturated carbocycles. The van der Waals surface area contributed by atoms with Crippen molar-refractivity contribution in [3.05, 3.63) is 207 Å². The van der Waals surface area contributed by atoms with E-state index in [4.69, 9.17) is 0 Å². The van der Waals surface area contributed by atoms with Crippen LogP contribution in [0.5, 0.6) is 0 Å². The summed E-state index contributed by atoms with van der Waals surface area (Å²) in [5.74, 6) is 0. The molecule has 0 amide bonds. The van der Waals surface area contributed by atoms with Gasteiger partial charge < -0.3 is 0 Å². The fourth-order valence-corrected chi connectivity index (χ4v) is 5.35. The number of fused-ring (bicyclic) bond motifs is 2. The fourth-order valence-electron chi connectivity index (χ4n) is 5.35. The monoisotopic (exact) mass is 1030 g/mol. The minimum absolute atomic E-state index is 0. The molecule has 254 valence electrons. The molecule has 0 fully saturated rings. The average molecular weight is 1030 g/mol. The second-order valence-electron chi connectivity index (χ2n) is 11.2. The summed E-state index contributed by atoms with van der Waals surface area (Å²) in [6, 6.07) is 66.8. The first-order valence-electron chi connectivity index (χ1n) is 16.2. The minimum Gasteiger partial charge on any atom is -0.295 e. The van der Waals surface area contributed by atoms with Gasteiger partial charge in [0.2, 0.25) is 0 Å². The number of aromatic nitrogens is 4. The summed E-state index contributed by atoms with van der Waals surface area (Å²) >= 11 is 0. The van der Waals surface area contributed by atoms with E-state index in [-0.39, 0.29) is 42.1 Å². The summed E-state index contributed by atoms with van der Waals surface area (Å²) in [6.45, 7) is 0. The second kappa shape index (κ2) is 19.3. The van der Waals surface area contributed by atoms with Crippen LogP contribution in [0.4, 0.5) is 0 Å². The summed E-state index contributed by atoms with van der Waals surface area (Å²) in [7, 11) is 0. The third-order valence-corrected chi connectivity index (χ3v) is 7.78. The van der Waals surface area contributed by atoms with Gasteiger partial charge in [-0.1, -0.05) is 53.6 Å². The molecular weight excluding hydrogens is 999 g/mol. The Labute approximate surface area is 333 Å². The number of nitrogens with zero attached hydrogens (tertiary/aromatic N) is 4. The zero-order valence-corrected chi connectivity index (χ0v) is 32.3. The molecule has 52 heavy (non-hydrogen) atoms. The van der Waals surface area contributed by atoms with Crippen molar-refractivity contribution in [3.8, 4) is 45.2 Å². The maximum atomic E-state index is 4.62. The molecule has 0 spiro atoms. The molecule has 0 aliphatic rings. The van der Waals surface area contributed by atoms with Crippen molar-refractivity contribution in [3.63, 3.8) is 0 Å². The summed E-state index contributed by atoms with van der Waals surface area (Å²) in [6.07, 6.45) is 5.35. The van der Waals surface area contributed by atoms with Crippen LogP contribution < -0.4 is 0 Å². The van der Waals surface area contributed by atoms with Crippen LogP contribution in [0.3, 0.4) is 0 Å². The van der Waals surface area contributed by atoms with Crippen LogP contribution in [0.25, 0.3) is 66.7 Å². The van der Waals surface area contributed by atoms with E-state index in [1.807, 2.05) is 140 Å². The van der Waals surface area contributed by atoms with E-state index in [0.717, 1.165) is 55.9 Å². The van der Waals surface area contributed by atoms with Crippen molar-refractivity contribution in [1.29, 1.82) is 0 Å². The van der Waals surface area contributed by atoms with Gasteiger partial charge in [-0.25, -0.2) is 0 Å². The van der Waals surface area contributed by atoms with Crippen molar-refractivity contribution in [1.82, 2.24) is 19.9 Å². The molecular formula is C46H30N4Pt2. The van der Waals surface area contributed by atoms with E-state index in [0.29, 0.717) is 0 Å². The largest absolute Gasteiger partial charge is 2.00 e. The number of hydrogen-bond acceptors (Lipinski definition) is 4. The van der Waals surface area contributed by atoms with Crippen LogP contribution in [0.1, 0.15) is 0 Å². The first-order chi connectivity index (χ1) is 24.8. The first kappa shape index (κ1) is 37.8. The van der Waals surface area contributed by atoms with Gasteiger partial charge in [0.1, 0.15) is 0 Å². The van der Waals surface area contributed by atoms with E-state index >= 15 is 0 Å². The van der Waals surface area contributed by atoms with Crippen LogP contribution in [0.2, 0.25) is 0 Å². The Bertz CT molecular complexity index is 2090. The molecule has 6 heteroatoms. The number of pyridine rings is 4. The molecule has 0 bridgehead atoms. The third-order valence-electron chi connectivity index (χ3n) is 7.78. The minimum atomic E-state index is 0. The predicted octanol–water partition coefficient (Wildman–Crippen LogP) is 10.8. The van der Waals surface area contributed by atoms with Gasteiger partial charge >= 0.3 is 42.1 Å². The number of hydrogen-bond donors (Lipinski definition) is 0. The van der Waals surface area contributed by atoms with E-state index in [1.165, 1.54) is 10.8 Å². The quantitative estimate of drug-likeness (QED) is 0.130. The van der Waals surface area contributed by atoms with Gasteiger partial charge in [0.05, 0.1) is 11.4 Å². The Morgan fingerprint density at radius 3 is 1.37 bits per heavy atom. The van der Waals surface area contributed by atoms with E-state index in [9.17, 15) is 0 Å². The van der Waals surface area contributed by atoms with Crippen molar-refractivity contribution < 1.29 is 42.1 Å². The van der Waals surface area contributed by atoms with Gasteiger partial charge in [0.25, 0.3) is 0 Å². The zero-order chi connectivity index (χ0) is 33.8. The van der Waals surface area contributed by atoms with Crippen LogP contribution in [-0.2, 0) is 42.1 Å². The standard InChI is InChI=1S/2C16H11N2.C14H8.2Pt/c1-3-10-17-15(8-1)13-6-5-7-14(12-13)16-9-2-4-11-18-16;1-2-7-13(8-3-1)14-10-6-11-16(18-14)15-9-4-5-12-17-15;1-2-6-12-10-14-8-4-3-7-13(14)9-11(12)5-1;;/h1-11H;1-7,9-12H;1-5,7,9-10H;;/q2*-1;-2;2*+2. The maximum absolute atomic E-state index is 4.62. The van der Waals surface area contributed by atoms with Crippen molar-refractivity contribution in [2.24, 2.45) is 0 Å². The van der Waals surface area contributed by atoms with Gasteiger partial charge in [0, 0.05) is 30.0 Å². The third kappa shape index (κ3) is 9.89. The SMILES string of the molecule is [Pt+2].[Pt+2].[c-]1c(-c2ccccn2)cccc1-c1ccccn1.[c-]1cccc2cc3ccc[c-]c3cc12.[c-]1ccccc1-c1cccc(-c2ccccn2)n1. The van der Waals surface area contributed by atoms with E-state index in [1.54, 1.807) is 18.6 Å². The summed E-state index contributed by atoms with van der Waals surface area (Å²) in [5.41, 5.74) is 7.50. The number of benzene rings is 5. The molecule has 0 unspecified atom stereocenters. The molecule has 0 aliphatic carbocycles. The molecule has 0 N–H and O–H groups in total. The Morgan fingerprint density at radius 2 is 0.827 bits per heavy atom. The fraction of sp³-hybridized carbons (Fsp3) is 0. The van der Waals surface area contributed by atoms with Gasteiger partial charge in [-0.3, -0.25) is 19.9 Å². The second-order valence-corrected chi connectivity index (χ2v) is 11.2. The Morgan fingerprint density at radius 1 is 0.346 bits per heavy atom. The summed E-state index contributed by atoms with van der Waals surface area (Å²) in [4.78, 5) is 17.6. The van der Waals surface area contributed by atoms with Gasteiger partial charge in [-0.15, -0.1) is 142 Å². The molecule has 0 aliphatic heterocycles. The Hall–Kier alpha value is -5.40. The van der Waals surface area contributed by atoms with Crippen LogP contribution in [-0.4, -0.2) is 19.9 Å². The molecule has 4 nitrogen and oxygen atoms in total. The number of rotatable bonds is 4. The summed E-state index contributed by atoms with van der Waals surface area (Å²) in [5, 5.41) is 4.78. The topological polar surface area (TPSA) is 51.6 Å². The molecule has 9 aromatic rings. The van der Waals surface area contributed by atoms with Gasteiger partial charge in [-0.05, 0) is 36.0 Å². The molecule has 4 heterocycles. The molecule has 5 aromatic carbocycles. The Kier molecular flexibility index (Phi) is 14.0. The smallest absolute Gasteiger partial charge is 0.295 e. The maximum Gasteiger partial charge on any atom is 2.00 e. The van der Waals surface area contributed by atoms with Gasteiger partial charge in [0.15, 0.2) is 0 Å². The van der Waals surface area contributed by atoms with Crippen LogP contribution in [0.15, 0.2) is 182 Å². The summed E-state index contributed by atoms with van der Waals surface area (Å²) < 4.78 is 0. The normalized spacial score (nSPS) is 10.0.